The van der Waals surface area contributed by atoms with Gasteiger partial charge in [0.1, 0.15) is 30.5 Å². The summed E-state index contributed by atoms with van der Waals surface area (Å²) in [6.45, 7) is 13.6. The van der Waals surface area contributed by atoms with Crippen molar-refractivity contribution in [3.63, 3.8) is 0 Å². The number of hydrogen-bond donors (Lipinski definition) is 3. The molecule has 0 aliphatic heterocycles. The maximum atomic E-state index is 13.3. The van der Waals surface area contributed by atoms with E-state index < -0.39 is 46.5 Å². The molecule has 3 aromatic rings. The second-order valence-corrected chi connectivity index (χ2v) is 22.2. The lowest BCUT2D eigenvalue weighted by Crippen LogP contribution is -2.48. The van der Waals surface area contributed by atoms with Gasteiger partial charge in [-0.15, -0.1) is 11.3 Å². The molecule has 0 saturated heterocycles. The van der Waals surface area contributed by atoms with Crippen LogP contribution in [0.3, 0.4) is 0 Å². The van der Waals surface area contributed by atoms with Crippen LogP contribution in [0.1, 0.15) is 27.7 Å². The van der Waals surface area contributed by atoms with E-state index in [4.69, 9.17) is 19.3 Å². The number of nitrogens with zero attached hydrogens (tertiary/aromatic N) is 1. The van der Waals surface area contributed by atoms with Crippen LogP contribution in [-0.2, 0) is 29.6 Å². The summed E-state index contributed by atoms with van der Waals surface area (Å²) in [5.74, 6) is -1.03. The second-order valence-electron chi connectivity index (χ2n) is 12.4. The van der Waals surface area contributed by atoms with Gasteiger partial charge in [0, 0.05) is 11.8 Å². The fraction of sp³-hybridized carbons (Fsp3) is 0.419. The standard InChI is InChI=1S/C31H44N4O7SSi2/c1-39-30(38)26-20-43-31(34-26)35-28(36)25(17-21-11-9-8-10-12-21)33-29(37)27(32)22-13-15-23(16-14-22)40-18-24(42-45(5,6)7)19-41-44(2,3)4/h8-16,20,24-25,27H,17-19,32H2,1-7H3,(H,33,37)(H,34,35,36)/t24-,25-,27+/m0/s1. The predicted octanol–water partition coefficient (Wildman–Crippen LogP) is 4.75. The molecule has 2 amide bonds. The van der Waals surface area contributed by atoms with E-state index in [1.165, 1.54) is 12.5 Å². The molecule has 0 fully saturated rings. The quantitative estimate of drug-likeness (QED) is 0.145. The van der Waals surface area contributed by atoms with E-state index >= 15 is 0 Å². The number of rotatable bonds is 16. The van der Waals surface area contributed by atoms with Crippen LogP contribution < -0.4 is 21.1 Å². The van der Waals surface area contributed by atoms with Crippen LogP contribution in [0.25, 0.3) is 0 Å². The lowest BCUT2D eigenvalue weighted by Gasteiger charge is -2.29. The van der Waals surface area contributed by atoms with Crippen LogP contribution in [0.2, 0.25) is 39.3 Å². The van der Waals surface area contributed by atoms with E-state index in [1.54, 1.807) is 24.3 Å². The first-order chi connectivity index (χ1) is 21.1. The average molecular weight is 673 g/mol. The summed E-state index contributed by atoms with van der Waals surface area (Å²) in [6, 6.07) is 14.3. The Kier molecular flexibility index (Phi) is 13.0. The number of hydrogen-bond acceptors (Lipinski definition) is 10. The number of nitrogens with one attached hydrogen (secondary N) is 2. The number of esters is 1. The van der Waals surface area contributed by atoms with Gasteiger partial charge >= 0.3 is 5.97 Å². The lowest BCUT2D eigenvalue weighted by atomic mass is 10.0. The Morgan fingerprint density at radius 3 is 2.18 bits per heavy atom. The largest absolute Gasteiger partial charge is 0.491 e. The van der Waals surface area contributed by atoms with Gasteiger partial charge in [-0.2, -0.15) is 0 Å². The minimum atomic E-state index is -1.82. The Labute approximate surface area is 271 Å². The first-order valence-electron chi connectivity index (χ1n) is 14.6. The molecular formula is C31H44N4O7SSi2. The van der Waals surface area contributed by atoms with E-state index in [0.717, 1.165) is 16.9 Å². The number of carbonyl (C=O) groups excluding carboxylic acids is 3. The number of carbonyl (C=O) groups is 3. The minimum Gasteiger partial charge on any atom is -0.491 e. The molecule has 3 rings (SSSR count). The monoisotopic (exact) mass is 672 g/mol. The molecule has 45 heavy (non-hydrogen) atoms. The highest BCUT2D eigenvalue weighted by Crippen LogP contribution is 2.20. The molecule has 0 spiro atoms. The summed E-state index contributed by atoms with van der Waals surface area (Å²) < 4.78 is 23.1. The molecule has 244 valence electrons. The van der Waals surface area contributed by atoms with Gasteiger partial charge in [0.15, 0.2) is 27.5 Å². The highest BCUT2D eigenvalue weighted by atomic mass is 32.1. The number of benzene rings is 2. The molecule has 0 saturated carbocycles. The van der Waals surface area contributed by atoms with Gasteiger partial charge in [0.25, 0.3) is 0 Å². The van der Waals surface area contributed by atoms with E-state index in [2.05, 4.69) is 59.6 Å². The Morgan fingerprint density at radius 2 is 1.58 bits per heavy atom. The SMILES string of the molecule is COC(=O)c1csc(NC(=O)[C@H](Cc2ccccc2)NC(=O)[C@H](N)c2ccc(OC[C@@H](CO[Si](C)(C)C)O[Si](C)(C)C)cc2)n1. The smallest absolute Gasteiger partial charge is 0.357 e. The van der Waals surface area contributed by atoms with E-state index in [-0.39, 0.29) is 23.4 Å². The zero-order valence-corrected chi connectivity index (χ0v) is 29.7. The average Bonchev–Trinajstić information content (AvgIpc) is 3.45. The number of ether oxygens (including phenoxy) is 2. The van der Waals surface area contributed by atoms with Gasteiger partial charge < -0.3 is 34.7 Å². The van der Waals surface area contributed by atoms with Crippen LogP contribution >= 0.6 is 11.3 Å². The van der Waals surface area contributed by atoms with Crippen molar-refractivity contribution in [2.24, 2.45) is 5.73 Å². The van der Waals surface area contributed by atoms with Crippen LogP contribution in [0.15, 0.2) is 60.0 Å². The predicted molar refractivity (Wildman–Crippen MR) is 181 cm³/mol. The van der Waals surface area contributed by atoms with Crippen molar-refractivity contribution < 1.29 is 32.7 Å². The van der Waals surface area contributed by atoms with Crippen LogP contribution in [-0.4, -0.2) is 71.9 Å². The molecule has 0 radical (unpaired) electrons. The number of thiazole rings is 1. The van der Waals surface area contributed by atoms with Crippen molar-refractivity contribution in [3.05, 3.63) is 76.8 Å². The fourth-order valence-corrected chi connectivity index (χ4v) is 6.62. The van der Waals surface area contributed by atoms with Gasteiger partial charge in [-0.3, -0.25) is 9.59 Å². The van der Waals surface area contributed by atoms with Gasteiger partial charge in [-0.25, -0.2) is 9.78 Å². The second kappa shape index (κ2) is 16.2. The number of nitrogens with two attached hydrogens (primary N) is 1. The highest BCUT2D eigenvalue weighted by molar-refractivity contribution is 7.14. The summed E-state index contributed by atoms with van der Waals surface area (Å²) in [4.78, 5) is 42.4. The normalized spacial score (nSPS) is 13.8. The first-order valence-corrected chi connectivity index (χ1v) is 22.3. The number of methoxy groups -OCH3 is 1. The van der Waals surface area contributed by atoms with Crippen molar-refractivity contribution in [2.45, 2.75) is 63.9 Å². The Hall–Kier alpha value is -3.41. The molecule has 0 unspecified atom stereocenters. The molecule has 1 heterocycles. The number of aromatic nitrogens is 1. The third kappa shape index (κ3) is 12.5. The molecule has 4 N–H and O–H groups in total. The zero-order chi connectivity index (χ0) is 33.2. The van der Waals surface area contributed by atoms with E-state index in [1.807, 2.05) is 30.3 Å². The summed E-state index contributed by atoms with van der Waals surface area (Å²) >= 11 is 1.08. The fourth-order valence-electron chi connectivity index (χ4n) is 4.11. The van der Waals surface area contributed by atoms with Crippen molar-refractivity contribution in [3.8, 4) is 5.75 Å². The summed E-state index contributed by atoms with van der Waals surface area (Å²) in [5.41, 5.74) is 7.81. The minimum absolute atomic E-state index is 0.0786. The summed E-state index contributed by atoms with van der Waals surface area (Å²) in [6.07, 6.45) is 0.0233. The number of amides is 2. The van der Waals surface area contributed by atoms with E-state index in [9.17, 15) is 14.4 Å². The maximum Gasteiger partial charge on any atom is 0.357 e. The van der Waals surface area contributed by atoms with Gasteiger partial charge in [0.2, 0.25) is 11.8 Å². The third-order valence-electron chi connectivity index (χ3n) is 6.22. The van der Waals surface area contributed by atoms with Crippen LogP contribution in [0.5, 0.6) is 5.75 Å². The summed E-state index contributed by atoms with van der Waals surface area (Å²) in [5, 5.41) is 7.15. The van der Waals surface area contributed by atoms with Crippen LogP contribution in [0, 0.1) is 0 Å². The molecule has 0 aliphatic rings. The molecule has 1 aromatic heterocycles. The van der Waals surface area contributed by atoms with Gasteiger partial charge in [-0.05, 0) is 62.5 Å². The first kappa shape index (κ1) is 36.1. The Morgan fingerprint density at radius 1 is 0.911 bits per heavy atom. The Balaban J connectivity index is 1.66. The number of anilines is 1. The van der Waals surface area contributed by atoms with Crippen molar-refractivity contribution >= 4 is 50.9 Å². The van der Waals surface area contributed by atoms with Gasteiger partial charge in [0.05, 0.1) is 13.7 Å². The topological polar surface area (TPSA) is 151 Å². The lowest BCUT2D eigenvalue weighted by molar-refractivity contribution is -0.127. The molecule has 0 bridgehead atoms. The molecular weight excluding hydrogens is 629 g/mol. The Bertz CT molecular complexity index is 1410. The van der Waals surface area contributed by atoms with Crippen molar-refractivity contribution in [2.75, 3.05) is 25.6 Å². The molecule has 14 heteroatoms. The summed E-state index contributed by atoms with van der Waals surface area (Å²) in [7, 11) is -2.29. The molecule has 0 aliphatic carbocycles. The third-order valence-corrected chi connectivity index (χ3v) is 9.06. The van der Waals surface area contributed by atoms with Gasteiger partial charge in [-0.1, -0.05) is 42.5 Å². The maximum absolute atomic E-state index is 13.3. The molecule has 11 nitrogen and oxygen atoms in total. The zero-order valence-electron chi connectivity index (χ0n) is 26.9. The van der Waals surface area contributed by atoms with Crippen LogP contribution in [0.4, 0.5) is 5.13 Å². The highest BCUT2D eigenvalue weighted by Gasteiger charge is 2.27. The van der Waals surface area contributed by atoms with Crippen molar-refractivity contribution in [1.82, 2.24) is 10.3 Å². The molecule has 2 aromatic carbocycles. The van der Waals surface area contributed by atoms with Crippen molar-refractivity contribution in [1.29, 1.82) is 0 Å². The van der Waals surface area contributed by atoms with E-state index in [0.29, 0.717) is 24.5 Å². The molecule has 3 atom stereocenters.